The number of piperazine rings is 1. The number of hydrogen-bond acceptors (Lipinski definition) is 3. The van der Waals surface area contributed by atoms with Crippen LogP contribution in [0, 0.1) is 13.8 Å². The fourth-order valence-electron chi connectivity index (χ4n) is 3.35. The monoisotopic (exact) mass is 374 g/mol. The van der Waals surface area contributed by atoms with E-state index in [0.29, 0.717) is 18.1 Å². The standard InChI is InChI=1S/C19H23ClN4O2/c1-12-16(13(2)22(4)21-12)10-24-14(3)19(26)23(11-18(24)25)9-15-7-5-6-8-17(15)20/h5-8,14H,9-11H2,1-4H3/t14-/m0/s1. The molecule has 1 aromatic heterocycles. The van der Waals surface area contributed by atoms with Gasteiger partial charge in [-0.15, -0.1) is 0 Å². The predicted octanol–water partition coefficient (Wildman–Crippen LogP) is 2.45. The molecule has 1 aliphatic rings. The van der Waals surface area contributed by atoms with Crippen LogP contribution in [0.4, 0.5) is 0 Å². The van der Waals surface area contributed by atoms with Crippen LogP contribution in [0.5, 0.6) is 0 Å². The summed E-state index contributed by atoms with van der Waals surface area (Å²) < 4.78 is 1.80. The zero-order chi connectivity index (χ0) is 19.0. The van der Waals surface area contributed by atoms with Crippen molar-refractivity contribution in [2.24, 2.45) is 7.05 Å². The van der Waals surface area contributed by atoms with Crippen LogP contribution in [0.25, 0.3) is 0 Å². The molecule has 0 radical (unpaired) electrons. The van der Waals surface area contributed by atoms with Crippen LogP contribution in [0.1, 0.15) is 29.4 Å². The molecule has 6 nitrogen and oxygen atoms in total. The zero-order valence-corrected chi connectivity index (χ0v) is 16.2. The third-order valence-electron chi connectivity index (χ3n) is 5.09. The molecule has 7 heteroatoms. The molecule has 1 atom stereocenters. The summed E-state index contributed by atoms with van der Waals surface area (Å²) in [6.45, 7) is 6.48. The minimum absolute atomic E-state index is 0.0623. The van der Waals surface area contributed by atoms with Gasteiger partial charge in [-0.1, -0.05) is 29.8 Å². The maximum Gasteiger partial charge on any atom is 0.245 e. The number of halogens is 1. The third-order valence-corrected chi connectivity index (χ3v) is 5.46. The molecule has 2 heterocycles. The summed E-state index contributed by atoms with van der Waals surface area (Å²) in [5.41, 5.74) is 3.74. The Morgan fingerprint density at radius 2 is 1.88 bits per heavy atom. The molecule has 0 N–H and O–H groups in total. The molecule has 0 unspecified atom stereocenters. The minimum Gasteiger partial charge on any atom is -0.327 e. The number of carbonyl (C=O) groups is 2. The highest BCUT2D eigenvalue weighted by molar-refractivity contribution is 6.31. The number of carbonyl (C=O) groups excluding carboxylic acids is 2. The van der Waals surface area contributed by atoms with Crippen molar-refractivity contribution in [3.8, 4) is 0 Å². The maximum atomic E-state index is 12.8. The first-order valence-corrected chi connectivity index (χ1v) is 8.98. The molecule has 1 fully saturated rings. The number of hydrogen-bond donors (Lipinski definition) is 0. The molecule has 1 aromatic carbocycles. The van der Waals surface area contributed by atoms with Gasteiger partial charge in [0, 0.05) is 29.9 Å². The molecule has 1 aliphatic heterocycles. The molecule has 2 aromatic rings. The first-order valence-electron chi connectivity index (χ1n) is 8.60. The Morgan fingerprint density at radius 1 is 1.19 bits per heavy atom. The molecule has 2 amide bonds. The molecule has 0 bridgehead atoms. The molecule has 1 saturated heterocycles. The molecule has 0 spiro atoms. The van der Waals surface area contributed by atoms with E-state index < -0.39 is 6.04 Å². The van der Waals surface area contributed by atoms with Crippen LogP contribution in [0.15, 0.2) is 24.3 Å². The Kier molecular flexibility index (Phi) is 5.05. The van der Waals surface area contributed by atoms with Crippen molar-refractivity contribution >= 4 is 23.4 Å². The topological polar surface area (TPSA) is 58.4 Å². The summed E-state index contributed by atoms with van der Waals surface area (Å²) in [5.74, 6) is -0.129. The summed E-state index contributed by atoms with van der Waals surface area (Å²) in [6.07, 6.45) is 0. The Bertz CT molecular complexity index is 861. The zero-order valence-electron chi connectivity index (χ0n) is 15.5. The third kappa shape index (κ3) is 3.33. The first-order chi connectivity index (χ1) is 12.3. The number of benzene rings is 1. The fourth-order valence-corrected chi connectivity index (χ4v) is 3.55. The Hall–Kier alpha value is -2.34. The molecule has 0 saturated carbocycles. The van der Waals surface area contributed by atoms with Gasteiger partial charge in [-0.3, -0.25) is 14.3 Å². The van der Waals surface area contributed by atoms with Crippen molar-refractivity contribution in [3.63, 3.8) is 0 Å². The molecular weight excluding hydrogens is 352 g/mol. The lowest BCUT2D eigenvalue weighted by Crippen LogP contribution is -2.58. The Labute approximate surface area is 158 Å². The number of rotatable bonds is 4. The van der Waals surface area contributed by atoms with E-state index >= 15 is 0 Å². The quantitative estimate of drug-likeness (QED) is 0.826. The lowest BCUT2D eigenvalue weighted by atomic mass is 10.1. The number of aromatic nitrogens is 2. The van der Waals surface area contributed by atoms with Crippen LogP contribution < -0.4 is 0 Å². The predicted molar refractivity (Wildman–Crippen MR) is 99.6 cm³/mol. The number of amides is 2. The average molecular weight is 375 g/mol. The smallest absolute Gasteiger partial charge is 0.245 e. The van der Waals surface area contributed by atoms with Gasteiger partial charge in [0.1, 0.15) is 12.6 Å². The van der Waals surface area contributed by atoms with Crippen molar-refractivity contribution in [1.82, 2.24) is 19.6 Å². The summed E-state index contributed by atoms with van der Waals surface area (Å²) in [4.78, 5) is 28.8. The van der Waals surface area contributed by atoms with Crippen molar-refractivity contribution in [1.29, 1.82) is 0 Å². The fraction of sp³-hybridized carbons (Fsp3) is 0.421. The second kappa shape index (κ2) is 7.11. The van der Waals surface area contributed by atoms with E-state index in [-0.39, 0.29) is 18.4 Å². The van der Waals surface area contributed by atoms with Crippen LogP contribution >= 0.6 is 11.6 Å². The van der Waals surface area contributed by atoms with Gasteiger partial charge >= 0.3 is 0 Å². The summed E-state index contributed by atoms with van der Waals surface area (Å²) in [6, 6.07) is 6.87. The largest absolute Gasteiger partial charge is 0.327 e. The van der Waals surface area contributed by atoms with Gasteiger partial charge in [-0.05, 0) is 32.4 Å². The minimum atomic E-state index is -0.516. The summed E-state index contributed by atoms with van der Waals surface area (Å²) in [7, 11) is 1.88. The molecule has 26 heavy (non-hydrogen) atoms. The van der Waals surface area contributed by atoms with Gasteiger partial charge in [0.05, 0.1) is 12.2 Å². The molecule has 3 rings (SSSR count). The summed E-state index contributed by atoms with van der Waals surface area (Å²) in [5, 5.41) is 5.00. The maximum absolute atomic E-state index is 12.8. The van der Waals surface area contributed by atoms with Gasteiger partial charge in [0.2, 0.25) is 11.8 Å². The van der Waals surface area contributed by atoms with Crippen LogP contribution in [-0.2, 0) is 29.7 Å². The SMILES string of the molecule is Cc1nn(C)c(C)c1CN1C(=O)CN(Cc2ccccc2Cl)C(=O)[C@@H]1C. The lowest BCUT2D eigenvalue weighted by molar-refractivity contribution is -0.156. The highest BCUT2D eigenvalue weighted by Gasteiger charge is 2.37. The number of nitrogens with zero attached hydrogens (tertiary/aromatic N) is 4. The van der Waals surface area contributed by atoms with Gasteiger partial charge in [0.25, 0.3) is 0 Å². The Morgan fingerprint density at radius 3 is 2.50 bits per heavy atom. The van der Waals surface area contributed by atoms with Crippen LogP contribution in [0.3, 0.4) is 0 Å². The number of aryl methyl sites for hydroxylation is 2. The summed E-state index contributed by atoms with van der Waals surface area (Å²) >= 11 is 6.19. The van der Waals surface area contributed by atoms with E-state index in [2.05, 4.69) is 5.10 Å². The van der Waals surface area contributed by atoms with E-state index in [4.69, 9.17) is 11.6 Å². The Balaban J connectivity index is 1.78. The second-order valence-corrected chi connectivity index (χ2v) is 7.16. The lowest BCUT2D eigenvalue weighted by Gasteiger charge is -2.39. The van der Waals surface area contributed by atoms with E-state index in [1.54, 1.807) is 27.5 Å². The van der Waals surface area contributed by atoms with Crippen LogP contribution in [0.2, 0.25) is 5.02 Å². The van der Waals surface area contributed by atoms with Crippen molar-refractivity contribution in [3.05, 3.63) is 51.8 Å². The highest BCUT2D eigenvalue weighted by Crippen LogP contribution is 2.23. The second-order valence-electron chi connectivity index (χ2n) is 6.76. The van der Waals surface area contributed by atoms with Gasteiger partial charge in [-0.2, -0.15) is 5.10 Å². The van der Waals surface area contributed by atoms with Gasteiger partial charge in [-0.25, -0.2) is 0 Å². The van der Waals surface area contributed by atoms with Crippen molar-refractivity contribution < 1.29 is 9.59 Å². The van der Waals surface area contributed by atoms with E-state index in [0.717, 1.165) is 22.5 Å². The average Bonchev–Trinajstić information content (AvgIpc) is 2.84. The normalized spacial score (nSPS) is 18.0. The molecular formula is C19H23ClN4O2. The van der Waals surface area contributed by atoms with Gasteiger partial charge in [0.15, 0.2) is 0 Å². The van der Waals surface area contributed by atoms with Crippen LogP contribution in [-0.4, -0.2) is 44.0 Å². The van der Waals surface area contributed by atoms with Crippen molar-refractivity contribution in [2.45, 2.75) is 39.9 Å². The first kappa shape index (κ1) is 18.5. The van der Waals surface area contributed by atoms with Crippen molar-refractivity contribution in [2.75, 3.05) is 6.54 Å². The van der Waals surface area contributed by atoms with E-state index in [9.17, 15) is 9.59 Å². The molecule has 0 aliphatic carbocycles. The van der Waals surface area contributed by atoms with E-state index in [1.807, 2.05) is 39.1 Å². The highest BCUT2D eigenvalue weighted by atomic mass is 35.5. The van der Waals surface area contributed by atoms with E-state index in [1.165, 1.54) is 0 Å². The van der Waals surface area contributed by atoms with Gasteiger partial charge < -0.3 is 9.80 Å². The molecule has 138 valence electrons.